The molecule has 0 aliphatic carbocycles. The lowest BCUT2D eigenvalue weighted by Gasteiger charge is -2.08. The van der Waals surface area contributed by atoms with Crippen molar-refractivity contribution < 1.29 is 4.21 Å². The number of nitrogens with one attached hydrogen (secondary N) is 2. The monoisotopic (exact) mass is 387 g/mol. The minimum Gasteiger partial charge on any atom is -0.382 e. The van der Waals surface area contributed by atoms with E-state index < -0.39 is 15.4 Å². The number of aromatic nitrogens is 4. The van der Waals surface area contributed by atoms with E-state index in [9.17, 15) is 9.00 Å². The number of benzene rings is 1. The van der Waals surface area contributed by atoms with Crippen LogP contribution in [0.15, 0.2) is 39.2 Å². The summed E-state index contributed by atoms with van der Waals surface area (Å²) in [6, 6.07) is 7.57. The van der Waals surface area contributed by atoms with Gasteiger partial charge in [0.2, 0.25) is 5.16 Å². The van der Waals surface area contributed by atoms with E-state index in [2.05, 4.69) is 19.9 Å². The fraction of sp³-hybridized carbons (Fsp3) is 0.294. The third-order valence-electron chi connectivity index (χ3n) is 4.02. The van der Waals surface area contributed by atoms with Crippen molar-refractivity contribution in [1.82, 2.24) is 19.5 Å². The fourth-order valence-electron chi connectivity index (χ4n) is 2.74. The van der Waals surface area contributed by atoms with E-state index in [-0.39, 0.29) is 34.4 Å². The highest BCUT2D eigenvalue weighted by atomic mass is 32.2. The van der Waals surface area contributed by atoms with Crippen LogP contribution in [0.25, 0.3) is 11.2 Å². The fourth-order valence-corrected chi connectivity index (χ4v) is 3.98. The number of nitrogen functional groups attached to an aromatic ring is 1. The number of aliphatic imine (C=N–C) groups is 1. The highest BCUT2D eigenvalue weighted by molar-refractivity contribution is 7.92. The molecule has 9 nitrogen and oxygen atoms in total. The molecule has 142 valence electrons. The smallest absolute Gasteiger partial charge is 0.328 e. The molecule has 0 saturated carbocycles. The van der Waals surface area contributed by atoms with E-state index in [1.165, 1.54) is 4.57 Å². The third-order valence-corrected chi connectivity index (χ3v) is 5.77. The molecular formula is C17H21N7O2S. The number of H-pyrrole nitrogens is 1. The van der Waals surface area contributed by atoms with E-state index in [0.717, 1.165) is 11.1 Å². The Morgan fingerprint density at radius 2 is 2.04 bits per heavy atom. The summed E-state index contributed by atoms with van der Waals surface area (Å²) in [4.78, 5) is 27.2. The van der Waals surface area contributed by atoms with Gasteiger partial charge in [-0.3, -0.25) is 9.56 Å². The van der Waals surface area contributed by atoms with Crippen LogP contribution in [-0.2, 0) is 16.3 Å². The van der Waals surface area contributed by atoms with Gasteiger partial charge in [-0.2, -0.15) is 4.98 Å². The molecule has 10 heteroatoms. The highest BCUT2D eigenvalue weighted by Gasteiger charge is 2.19. The lowest BCUT2D eigenvalue weighted by molar-refractivity contribution is 0.665. The van der Waals surface area contributed by atoms with Gasteiger partial charge in [0, 0.05) is 19.0 Å². The van der Waals surface area contributed by atoms with Crippen LogP contribution in [0.1, 0.15) is 24.5 Å². The first-order valence-corrected chi connectivity index (χ1v) is 10.1. The summed E-state index contributed by atoms with van der Waals surface area (Å²) in [5.41, 5.74) is 7.89. The number of fused-ring (bicyclic) bond motifs is 1. The quantitative estimate of drug-likeness (QED) is 0.435. The van der Waals surface area contributed by atoms with Gasteiger partial charge in [-0.05, 0) is 17.5 Å². The second kappa shape index (κ2) is 7.31. The molecule has 1 unspecified atom stereocenters. The van der Waals surface area contributed by atoms with Crippen LogP contribution in [0.2, 0.25) is 0 Å². The van der Waals surface area contributed by atoms with Gasteiger partial charge < -0.3 is 10.7 Å². The van der Waals surface area contributed by atoms with Gasteiger partial charge >= 0.3 is 5.69 Å². The molecule has 1 atom stereocenters. The van der Waals surface area contributed by atoms with Crippen LogP contribution in [0.5, 0.6) is 0 Å². The first-order chi connectivity index (χ1) is 12.9. The SMILES string of the molecule is CCCS(=N)(=O)c1nc(N)c2[nH]c(=O)n(Cc3ccc(C=NC)cc3)c2n1. The Balaban J connectivity index is 2.08. The number of rotatable bonds is 6. The summed E-state index contributed by atoms with van der Waals surface area (Å²) < 4.78 is 22.0. The molecule has 3 rings (SSSR count). The molecule has 0 spiro atoms. The maximum atomic E-state index is 12.5. The Morgan fingerprint density at radius 3 is 2.67 bits per heavy atom. The lowest BCUT2D eigenvalue weighted by Crippen LogP contribution is -2.18. The Bertz CT molecular complexity index is 1160. The summed E-state index contributed by atoms with van der Waals surface area (Å²) in [5, 5.41) is -0.142. The predicted molar refractivity (Wildman–Crippen MR) is 106 cm³/mol. The van der Waals surface area contributed by atoms with Crippen molar-refractivity contribution in [1.29, 1.82) is 4.78 Å². The Morgan fingerprint density at radius 1 is 1.33 bits per heavy atom. The standard InChI is InChI=1S/C17H21N7O2S/c1-3-8-27(19,26)16-22-14(18)13-15(23-16)24(17(25)21-13)10-12-6-4-11(5-7-12)9-20-2/h4-7,9,19H,3,8,10H2,1-2H3,(H,21,25)(H2,18,22,23). The molecule has 0 fully saturated rings. The lowest BCUT2D eigenvalue weighted by atomic mass is 10.1. The summed E-state index contributed by atoms with van der Waals surface area (Å²) >= 11 is 0. The number of aromatic amines is 1. The topological polar surface area (TPSA) is 143 Å². The van der Waals surface area contributed by atoms with E-state index in [0.29, 0.717) is 6.42 Å². The van der Waals surface area contributed by atoms with Gasteiger partial charge in [0.15, 0.2) is 11.5 Å². The third kappa shape index (κ3) is 3.75. The van der Waals surface area contributed by atoms with Crippen LogP contribution < -0.4 is 11.4 Å². The zero-order chi connectivity index (χ0) is 19.6. The molecule has 0 aliphatic heterocycles. The average Bonchev–Trinajstić information content (AvgIpc) is 2.93. The van der Waals surface area contributed by atoms with Crippen molar-refractivity contribution >= 4 is 32.9 Å². The highest BCUT2D eigenvalue weighted by Crippen LogP contribution is 2.19. The van der Waals surface area contributed by atoms with Crippen molar-refractivity contribution in [3.63, 3.8) is 0 Å². The van der Waals surface area contributed by atoms with Crippen molar-refractivity contribution in [3.05, 3.63) is 45.9 Å². The number of hydrogen-bond acceptors (Lipinski definition) is 7. The molecule has 0 radical (unpaired) electrons. The number of nitrogens with zero attached hydrogens (tertiary/aromatic N) is 4. The second-order valence-electron chi connectivity index (χ2n) is 6.11. The molecule has 0 bridgehead atoms. The van der Waals surface area contributed by atoms with E-state index in [1.54, 1.807) is 13.3 Å². The number of hydrogen-bond donors (Lipinski definition) is 3. The molecular weight excluding hydrogens is 366 g/mol. The number of nitrogens with two attached hydrogens (primary N) is 1. The molecule has 2 heterocycles. The van der Waals surface area contributed by atoms with Crippen LogP contribution >= 0.6 is 0 Å². The average molecular weight is 387 g/mol. The van der Waals surface area contributed by atoms with Crippen LogP contribution in [0.4, 0.5) is 5.82 Å². The van der Waals surface area contributed by atoms with Crippen molar-refractivity contribution in [2.45, 2.75) is 25.0 Å². The van der Waals surface area contributed by atoms with Crippen molar-refractivity contribution in [2.24, 2.45) is 4.99 Å². The maximum Gasteiger partial charge on any atom is 0.328 e. The molecule has 0 saturated heterocycles. The summed E-state index contributed by atoms with van der Waals surface area (Å²) in [5.74, 6) is 0.143. The molecule has 1 aromatic carbocycles. The zero-order valence-corrected chi connectivity index (χ0v) is 15.9. The normalized spacial score (nSPS) is 14.0. The van der Waals surface area contributed by atoms with Crippen molar-refractivity contribution in [3.8, 4) is 0 Å². The van der Waals surface area contributed by atoms with Crippen LogP contribution in [0, 0.1) is 4.78 Å². The van der Waals surface area contributed by atoms with Gasteiger partial charge in [0.1, 0.15) is 15.2 Å². The summed E-state index contributed by atoms with van der Waals surface area (Å²) in [6.45, 7) is 2.08. The zero-order valence-electron chi connectivity index (χ0n) is 15.1. The molecule has 0 amide bonds. The van der Waals surface area contributed by atoms with Gasteiger partial charge in [-0.1, -0.05) is 31.2 Å². The Kier molecular flexibility index (Phi) is 5.08. The molecule has 27 heavy (non-hydrogen) atoms. The predicted octanol–water partition coefficient (Wildman–Crippen LogP) is 1.61. The van der Waals surface area contributed by atoms with Gasteiger partial charge in [0.05, 0.1) is 6.54 Å². The molecule has 0 aliphatic rings. The van der Waals surface area contributed by atoms with Gasteiger partial charge in [-0.25, -0.2) is 18.8 Å². The summed E-state index contributed by atoms with van der Waals surface area (Å²) in [7, 11) is -1.46. The molecule has 3 aromatic rings. The minimum atomic E-state index is -3.16. The maximum absolute atomic E-state index is 12.5. The van der Waals surface area contributed by atoms with Gasteiger partial charge in [0.25, 0.3) is 0 Å². The Hall–Kier alpha value is -3.01. The van der Waals surface area contributed by atoms with Crippen LogP contribution in [0.3, 0.4) is 0 Å². The Labute approximate surface area is 156 Å². The van der Waals surface area contributed by atoms with E-state index in [1.807, 2.05) is 31.2 Å². The number of imidazole rings is 1. The van der Waals surface area contributed by atoms with Crippen LogP contribution in [-0.4, -0.2) is 42.7 Å². The molecule has 4 N–H and O–H groups in total. The summed E-state index contributed by atoms with van der Waals surface area (Å²) in [6.07, 6.45) is 2.29. The van der Waals surface area contributed by atoms with Gasteiger partial charge in [-0.15, -0.1) is 0 Å². The largest absolute Gasteiger partial charge is 0.382 e. The second-order valence-corrected chi connectivity index (χ2v) is 8.24. The van der Waals surface area contributed by atoms with E-state index in [4.69, 9.17) is 10.5 Å². The van der Waals surface area contributed by atoms with E-state index >= 15 is 0 Å². The minimum absolute atomic E-state index is 0.0106. The first-order valence-electron chi connectivity index (χ1n) is 8.39. The van der Waals surface area contributed by atoms with Crippen molar-refractivity contribution in [2.75, 3.05) is 18.5 Å². The number of anilines is 1. The molecule has 2 aromatic heterocycles. The first kappa shape index (κ1) is 18.8.